The lowest BCUT2D eigenvalue weighted by molar-refractivity contribution is -0.142. The number of unbranched alkanes of at least 4 members (excludes halogenated alkanes) is 1. The lowest BCUT2D eigenvalue weighted by atomic mass is 9.96. The van der Waals surface area contributed by atoms with Crippen molar-refractivity contribution in [3.8, 4) is 0 Å². The van der Waals surface area contributed by atoms with Gasteiger partial charge in [0.2, 0.25) is 0 Å². The highest BCUT2D eigenvalue weighted by Crippen LogP contribution is 2.23. The van der Waals surface area contributed by atoms with Gasteiger partial charge < -0.3 is 9.47 Å². The van der Waals surface area contributed by atoms with Gasteiger partial charge in [0, 0.05) is 12.5 Å². The van der Waals surface area contributed by atoms with Gasteiger partial charge in [0.1, 0.15) is 0 Å². The molecule has 1 rings (SSSR count). The van der Waals surface area contributed by atoms with Crippen molar-refractivity contribution in [2.24, 2.45) is 11.8 Å². The Bertz CT molecular complexity index is 168. The van der Waals surface area contributed by atoms with Crippen molar-refractivity contribution < 1.29 is 9.47 Å². The molecule has 0 aliphatic carbocycles. The Hall–Kier alpha value is -0.0800. The minimum absolute atomic E-state index is 0.468. The number of hydrogen-bond acceptors (Lipinski definition) is 2. The fourth-order valence-corrected chi connectivity index (χ4v) is 2.26. The van der Waals surface area contributed by atoms with Crippen molar-refractivity contribution in [2.45, 2.75) is 59.0 Å². The molecule has 1 fully saturated rings. The quantitative estimate of drug-likeness (QED) is 0.600. The van der Waals surface area contributed by atoms with Gasteiger partial charge in [-0.1, -0.05) is 40.0 Å². The lowest BCUT2D eigenvalue weighted by Gasteiger charge is -2.36. The second-order valence-corrected chi connectivity index (χ2v) is 4.99. The van der Waals surface area contributed by atoms with E-state index in [4.69, 9.17) is 9.47 Å². The van der Waals surface area contributed by atoms with Crippen molar-refractivity contribution in [2.75, 3.05) is 19.8 Å². The maximum absolute atomic E-state index is 5.84. The summed E-state index contributed by atoms with van der Waals surface area (Å²) in [6, 6.07) is 0. The first-order chi connectivity index (χ1) is 7.81. The fraction of sp³-hybridized carbons (Fsp3) is 1.00. The summed E-state index contributed by atoms with van der Waals surface area (Å²) >= 11 is 0. The van der Waals surface area contributed by atoms with Gasteiger partial charge in [0.15, 0.2) is 0 Å². The molecule has 0 saturated carbocycles. The lowest BCUT2D eigenvalue weighted by Crippen LogP contribution is -2.42. The summed E-state index contributed by atoms with van der Waals surface area (Å²) in [6.45, 7) is 9.47. The van der Waals surface area contributed by atoms with Gasteiger partial charge in [-0.15, -0.1) is 0 Å². The van der Waals surface area contributed by atoms with E-state index in [0.29, 0.717) is 12.0 Å². The van der Waals surface area contributed by atoms with Crippen LogP contribution in [0, 0.1) is 11.8 Å². The molecule has 96 valence electrons. The second-order valence-electron chi connectivity index (χ2n) is 4.99. The van der Waals surface area contributed by atoms with Crippen molar-refractivity contribution in [1.29, 1.82) is 0 Å². The Morgan fingerprint density at radius 2 is 2.12 bits per heavy atom. The molecular formula is C14H28O2. The maximum Gasteiger partial charge on any atom is 0.0645 e. The van der Waals surface area contributed by atoms with E-state index in [1.807, 2.05) is 0 Å². The third kappa shape index (κ3) is 4.42. The topological polar surface area (TPSA) is 18.5 Å². The van der Waals surface area contributed by atoms with E-state index in [0.717, 1.165) is 32.2 Å². The summed E-state index contributed by atoms with van der Waals surface area (Å²) in [7, 11) is 0. The Labute approximate surface area is 101 Å². The average Bonchev–Trinajstić information content (AvgIpc) is 2.27. The first-order valence-electron chi connectivity index (χ1n) is 7.01. The Kier molecular flexibility index (Phi) is 7.06. The summed E-state index contributed by atoms with van der Waals surface area (Å²) in [4.78, 5) is 0. The highest BCUT2D eigenvalue weighted by molar-refractivity contribution is 4.77. The predicted molar refractivity (Wildman–Crippen MR) is 67.6 cm³/mol. The van der Waals surface area contributed by atoms with Crippen molar-refractivity contribution >= 4 is 0 Å². The molecule has 0 spiro atoms. The third-order valence-electron chi connectivity index (χ3n) is 3.68. The molecule has 1 aliphatic rings. The van der Waals surface area contributed by atoms with Crippen LogP contribution < -0.4 is 0 Å². The Morgan fingerprint density at radius 1 is 1.31 bits per heavy atom. The van der Waals surface area contributed by atoms with Crippen LogP contribution in [0.4, 0.5) is 0 Å². The molecule has 16 heavy (non-hydrogen) atoms. The van der Waals surface area contributed by atoms with Gasteiger partial charge in [-0.3, -0.25) is 0 Å². The van der Waals surface area contributed by atoms with Gasteiger partial charge in [0.25, 0.3) is 0 Å². The molecule has 0 aromatic heterocycles. The molecular weight excluding hydrogens is 200 g/mol. The molecule has 3 atom stereocenters. The number of ether oxygens (including phenoxy) is 2. The molecule has 3 unspecified atom stereocenters. The summed E-state index contributed by atoms with van der Waals surface area (Å²) in [5.74, 6) is 1.43. The molecule has 1 heterocycles. The molecule has 0 aromatic rings. The fourth-order valence-electron chi connectivity index (χ4n) is 2.26. The first kappa shape index (κ1) is 14.0. The van der Waals surface area contributed by atoms with E-state index in [1.54, 1.807) is 0 Å². The summed E-state index contributed by atoms with van der Waals surface area (Å²) in [5.41, 5.74) is 0. The summed E-state index contributed by atoms with van der Waals surface area (Å²) in [5, 5.41) is 0. The minimum atomic E-state index is 0.468. The van der Waals surface area contributed by atoms with Crippen LogP contribution in [0.25, 0.3) is 0 Å². The van der Waals surface area contributed by atoms with Crippen LogP contribution in [0.2, 0.25) is 0 Å². The zero-order chi connectivity index (χ0) is 11.8. The standard InChI is InChI=1S/C14H28O2/c1-4-7-8-12(5-2)9-15-10-13-11-16-14(13)6-3/h12-14H,4-11H2,1-3H3. The van der Waals surface area contributed by atoms with E-state index in [1.165, 1.54) is 25.7 Å². The van der Waals surface area contributed by atoms with Gasteiger partial charge in [-0.25, -0.2) is 0 Å². The predicted octanol–water partition coefficient (Wildman–Crippen LogP) is 3.64. The number of rotatable bonds is 9. The Morgan fingerprint density at radius 3 is 2.62 bits per heavy atom. The second kappa shape index (κ2) is 8.08. The molecule has 0 radical (unpaired) electrons. The zero-order valence-electron chi connectivity index (χ0n) is 11.2. The third-order valence-corrected chi connectivity index (χ3v) is 3.68. The van der Waals surface area contributed by atoms with Crippen molar-refractivity contribution in [3.63, 3.8) is 0 Å². The monoisotopic (exact) mass is 228 g/mol. The minimum Gasteiger partial charge on any atom is -0.381 e. The van der Waals surface area contributed by atoms with Gasteiger partial charge in [-0.05, 0) is 18.8 Å². The summed E-state index contributed by atoms with van der Waals surface area (Å²) in [6.07, 6.45) is 6.80. The zero-order valence-corrected chi connectivity index (χ0v) is 11.2. The van der Waals surface area contributed by atoms with E-state index in [-0.39, 0.29) is 0 Å². The van der Waals surface area contributed by atoms with E-state index < -0.39 is 0 Å². The van der Waals surface area contributed by atoms with Gasteiger partial charge >= 0.3 is 0 Å². The van der Waals surface area contributed by atoms with Crippen LogP contribution in [0.1, 0.15) is 52.9 Å². The normalized spacial score (nSPS) is 26.4. The molecule has 2 nitrogen and oxygen atoms in total. The SMILES string of the molecule is CCCCC(CC)COCC1COC1CC. The highest BCUT2D eigenvalue weighted by Gasteiger charge is 2.30. The first-order valence-corrected chi connectivity index (χ1v) is 7.01. The molecule has 1 aliphatic heterocycles. The molecule has 2 heteroatoms. The van der Waals surface area contributed by atoms with Crippen LogP contribution in [-0.2, 0) is 9.47 Å². The maximum atomic E-state index is 5.84. The molecule has 0 aromatic carbocycles. The van der Waals surface area contributed by atoms with Crippen molar-refractivity contribution in [3.05, 3.63) is 0 Å². The van der Waals surface area contributed by atoms with Gasteiger partial charge in [-0.2, -0.15) is 0 Å². The largest absolute Gasteiger partial charge is 0.381 e. The van der Waals surface area contributed by atoms with Crippen LogP contribution in [0.3, 0.4) is 0 Å². The molecule has 0 amide bonds. The van der Waals surface area contributed by atoms with Crippen LogP contribution in [-0.4, -0.2) is 25.9 Å². The van der Waals surface area contributed by atoms with Crippen molar-refractivity contribution in [1.82, 2.24) is 0 Å². The van der Waals surface area contributed by atoms with Crippen LogP contribution in [0.15, 0.2) is 0 Å². The highest BCUT2D eigenvalue weighted by atomic mass is 16.5. The van der Waals surface area contributed by atoms with Gasteiger partial charge in [0.05, 0.1) is 19.3 Å². The van der Waals surface area contributed by atoms with Crippen LogP contribution >= 0.6 is 0 Å². The summed E-state index contributed by atoms with van der Waals surface area (Å²) < 4.78 is 11.3. The Balaban J connectivity index is 2.04. The van der Waals surface area contributed by atoms with E-state index in [2.05, 4.69) is 20.8 Å². The molecule has 0 N–H and O–H groups in total. The van der Waals surface area contributed by atoms with Crippen LogP contribution in [0.5, 0.6) is 0 Å². The molecule has 1 saturated heterocycles. The average molecular weight is 228 g/mol. The smallest absolute Gasteiger partial charge is 0.0645 e. The van der Waals surface area contributed by atoms with E-state index >= 15 is 0 Å². The molecule has 0 bridgehead atoms. The van der Waals surface area contributed by atoms with E-state index in [9.17, 15) is 0 Å². The number of hydrogen-bond donors (Lipinski definition) is 0.